The number of ether oxygens (including phenoxy) is 2. The van der Waals surface area contributed by atoms with E-state index in [4.69, 9.17) is 9.47 Å². The molecule has 0 amide bonds. The van der Waals surface area contributed by atoms with Crippen molar-refractivity contribution in [3.05, 3.63) is 41.5 Å². The molecule has 0 unspecified atom stereocenters. The molecule has 3 rings (SSSR count). The Morgan fingerprint density at radius 1 is 0.875 bits per heavy atom. The van der Waals surface area contributed by atoms with E-state index in [2.05, 4.69) is 57.2 Å². The minimum absolute atomic E-state index is 0.227. The van der Waals surface area contributed by atoms with Crippen molar-refractivity contribution < 1.29 is 9.47 Å². The van der Waals surface area contributed by atoms with Gasteiger partial charge in [-0.3, -0.25) is 0 Å². The summed E-state index contributed by atoms with van der Waals surface area (Å²) in [5.41, 5.74) is 2.74. The third kappa shape index (κ3) is 2.68. The molecule has 2 heteroatoms. The number of rotatable bonds is 6. The van der Waals surface area contributed by atoms with Crippen LogP contribution in [0, 0.1) is 5.41 Å². The van der Waals surface area contributed by atoms with Gasteiger partial charge in [0, 0.05) is 21.9 Å². The van der Waals surface area contributed by atoms with E-state index in [1.807, 2.05) is 6.92 Å². The first-order valence-corrected chi connectivity index (χ1v) is 9.22. The molecular formula is C22H28O2. The van der Waals surface area contributed by atoms with Gasteiger partial charge in [0.1, 0.15) is 11.5 Å². The van der Waals surface area contributed by atoms with Crippen molar-refractivity contribution in [1.29, 1.82) is 0 Å². The molecule has 128 valence electrons. The predicted octanol–water partition coefficient (Wildman–Crippen LogP) is 6.01. The first kappa shape index (κ1) is 16.9. The summed E-state index contributed by atoms with van der Waals surface area (Å²) in [6, 6.07) is 8.44. The fraction of sp³-hybridized carbons (Fsp3) is 0.455. The van der Waals surface area contributed by atoms with Crippen molar-refractivity contribution in [2.45, 2.75) is 47.0 Å². The van der Waals surface area contributed by atoms with Crippen LogP contribution in [0.2, 0.25) is 0 Å². The highest BCUT2D eigenvalue weighted by atomic mass is 16.5. The molecule has 0 spiro atoms. The monoisotopic (exact) mass is 324 g/mol. The molecule has 0 N–H and O–H groups in total. The largest absolute Gasteiger partial charge is 0.493 e. The fourth-order valence-corrected chi connectivity index (χ4v) is 3.81. The lowest BCUT2D eigenvalue weighted by Gasteiger charge is -2.34. The van der Waals surface area contributed by atoms with E-state index in [-0.39, 0.29) is 5.41 Å². The second-order valence-electron chi connectivity index (χ2n) is 6.54. The summed E-state index contributed by atoms with van der Waals surface area (Å²) in [4.78, 5) is 0. The van der Waals surface area contributed by atoms with Gasteiger partial charge >= 0.3 is 0 Å². The van der Waals surface area contributed by atoms with Crippen molar-refractivity contribution in [2.24, 2.45) is 5.41 Å². The summed E-state index contributed by atoms with van der Waals surface area (Å²) in [5, 5.41) is 2.31. The average Bonchev–Trinajstić information content (AvgIpc) is 2.64. The Bertz CT molecular complexity index is 754. The first-order valence-electron chi connectivity index (χ1n) is 9.22. The molecule has 24 heavy (non-hydrogen) atoms. The van der Waals surface area contributed by atoms with Gasteiger partial charge in [0.05, 0.1) is 13.2 Å². The van der Waals surface area contributed by atoms with Gasteiger partial charge in [0.15, 0.2) is 0 Å². The number of hydrogen-bond acceptors (Lipinski definition) is 2. The van der Waals surface area contributed by atoms with Crippen LogP contribution >= 0.6 is 0 Å². The summed E-state index contributed by atoms with van der Waals surface area (Å²) in [5.74, 6) is 2.05. The van der Waals surface area contributed by atoms with Crippen LogP contribution in [-0.2, 0) is 6.42 Å². The van der Waals surface area contributed by atoms with E-state index < -0.39 is 0 Å². The lowest BCUT2D eigenvalue weighted by atomic mass is 9.72. The van der Waals surface area contributed by atoms with Gasteiger partial charge in [-0.25, -0.2) is 0 Å². The predicted molar refractivity (Wildman–Crippen MR) is 102 cm³/mol. The summed E-state index contributed by atoms with van der Waals surface area (Å²) in [6.07, 6.45) is 7.96. The van der Waals surface area contributed by atoms with E-state index in [9.17, 15) is 0 Å². The number of allylic oxidation sites excluding steroid dienone is 1. The minimum atomic E-state index is 0.227. The highest BCUT2D eigenvalue weighted by Gasteiger charge is 2.32. The van der Waals surface area contributed by atoms with E-state index in [0.29, 0.717) is 13.2 Å². The van der Waals surface area contributed by atoms with Gasteiger partial charge in [-0.1, -0.05) is 50.3 Å². The van der Waals surface area contributed by atoms with Crippen LogP contribution in [0.5, 0.6) is 11.5 Å². The van der Waals surface area contributed by atoms with E-state index >= 15 is 0 Å². The van der Waals surface area contributed by atoms with Crippen LogP contribution in [0.4, 0.5) is 0 Å². The maximum Gasteiger partial charge on any atom is 0.134 e. The molecule has 0 aromatic heterocycles. The molecule has 0 fully saturated rings. The average molecular weight is 324 g/mol. The fourth-order valence-electron chi connectivity index (χ4n) is 3.81. The Hall–Kier alpha value is -1.96. The highest BCUT2D eigenvalue weighted by Crippen LogP contribution is 2.48. The zero-order valence-corrected chi connectivity index (χ0v) is 15.3. The second kappa shape index (κ2) is 6.88. The van der Waals surface area contributed by atoms with E-state index in [1.54, 1.807) is 0 Å². The summed E-state index contributed by atoms with van der Waals surface area (Å²) < 4.78 is 12.2. The Morgan fingerprint density at radius 3 is 2.04 bits per heavy atom. The molecule has 0 radical (unpaired) electrons. The van der Waals surface area contributed by atoms with Crippen LogP contribution in [0.3, 0.4) is 0 Å². The SMILES string of the molecule is CCOc1c2c(c(OCC)c3ccccc13)CC(CC)(CC)C=C2. The molecule has 2 nitrogen and oxygen atoms in total. The van der Waals surface area contributed by atoms with Crippen LogP contribution in [0.15, 0.2) is 30.3 Å². The van der Waals surface area contributed by atoms with E-state index in [1.165, 1.54) is 11.1 Å². The van der Waals surface area contributed by atoms with Crippen molar-refractivity contribution >= 4 is 16.8 Å². The third-order valence-electron chi connectivity index (χ3n) is 5.38. The van der Waals surface area contributed by atoms with Crippen LogP contribution in [0.25, 0.3) is 16.8 Å². The van der Waals surface area contributed by atoms with Crippen LogP contribution < -0.4 is 9.47 Å². The standard InChI is InChI=1S/C22H28O2/c1-5-22(6-2)14-13-18-19(15-22)21(24-8-4)17-12-10-9-11-16(17)20(18)23-7-3/h9-14H,5-8,15H2,1-4H3. The van der Waals surface area contributed by atoms with Gasteiger partial charge in [-0.05, 0) is 38.5 Å². The summed E-state index contributed by atoms with van der Waals surface area (Å²) in [7, 11) is 0. The van der Waals surface area contributed by atoms with Crippen molar-refractivity contribution in [3.8, 4) is 11.5 Å². The van der Waals surface area contributed by atoms with Gasteiger partial charge < -0.3 is 9.47 Å². The maximum atomic E-state index is 6.14. The Kier molecular flexibility index (Phi) is 4.84. The van der Waals surface area contributed by atoms with Crippen molar-refractivity contribution in [2.75, 3.05) is 13.2 Å². The molecule has 1 aliphatic carbocycles. The molecule has 2 aromatic rings. The normalized spacial score (nSPS) is 15.3. The molecule has 1 aliphatic rings. The van der Waals surface area contributed by atoms with Gasteiger partial charge in [-0.2, -0.15) is 0 Å². The lowest BCUT2D eigenvalue weighted by molar-refractivity contribution is 0.312. The van der Waals surface area contributed by atoms with Crippen LogP contribution in [0.1, 0.15) is 51.7 Å². The molecule has 0 aliphatic heterocycles. The molecule has 0 saturated heterocycles. The molecule has 0 bridgehead atoms. The Labute approximate surface area is 145 Å². The van der Waals surface area contributed by atoms with Crippen molar-refractivity contribution in [3.63, 3.8) is 0 Å². The topological polar surface area (TPSA) is 18.5 Å². The molecule has 0 atom stereocenters. The smallest absolute Gasteiger partial charge is 0.134 e. The van der Waals surface area contributed by atoms with Crippen LogP contribution in [-0.4, -0.2) is 13.2 Å². The minimum Gasteiger partial charge on any atom is -0.493 e. The Morgan fingerprint density at radius 2 is 1.46 bits per heavy atom. The first-order chi connectivity index (χ1) is 11.7. The molecular weight excluding hydrogens is 296 g/mol. The summed E-state index contributed by atoms with van der Waals surface area (Å²) >= 11 is 0. The van der Waals surface area contributed by atoms with Gasteiger partial charge in [0.25, 0.3) is 0 Å². The number of hydrogen-bond donors (Lipinski definition) is 0. The number of fused-ring (bicyclic) bond motifs is 2. The van der Waals surface area contributed by atoms with Gasteiger partial charge in [-0.15, -0.1) is 0 Å². The summed E-state index contributed by atoms with van der Waals surface area (Å²) in [6.45, 7) is 10.0. The van der Waals surface area contributed by atoms with E-state index in [0.717, 1.165) is 41.5 Å². The van der Waals surface area contributed by atoms with Crippen molar-refractivity contribution in [1.82, 2.24) is 0 Å². The quantitative estimate of drug-likeness (QED) is 0.647. The number of benzene rings is 2. The zero-order chi connectivity index (χ0) is 17.2. The maximum absolute atomic E-state index is 6.14. The lowest BCUT2D eigenvalue weighted by Crippen LogP contribution is -2.23. The van der Waals surface area contributed by atoms with Gasteiger partial charge in [0.2, 0.25) is 0 Å². The zero-order valence-electron chi connectivity index (χ0n) is 15.3. The Balaban J connectivity index is 2.32. The molecule has 0 saturated carbocycles. The molecule has 0 heterocycles. The second-order valence-corrected chi connectivity index (χ2v) is 6.54. The molecule has 2 aromatic carbocycles. The third-order valence-corrected chi connectivity index (χ3v) is 5.38. The highest BCUT2D eigenvalue weighted by molar-refractivity contribution is 5.98.